The second kappa shape index (κ2) is 15.4. The standard InChI is InChI=1S/C32H32F4N2O3.CH2O2/c1-40-29-13-8-23(33)17-22(29)19-38(24-9-10-24)32(39)26-18-37-15-14-25(26)21-6-4-20(5-7-21)3-2-16-41-31-28(35)12-11-27(34)30(31)36;2-1-3/h4-8,11-14,17,24,26,37H,2-3,9-10,15-16,18-19H2,1H3;1H,(H,2,3). The van der Waals surface area contributed by atoms with Crippen molar-refractivity contribution < 1.29 is 41.7 Å². The van der Waals surface area contributed by atoms with Crippen molar-refractivity contribution in [1.82, 2.24) is 10.2 Å². The lowest BCUT2D eigenvalue weighted by Gasteiger charge is -2.31. The minimum Gasteiger partial charge on any atom is -0.496 e. The number of nitrogens with one attached hydrogen (secondary N) is 1. The summed E-state index contributed by atoms with van der Waals surface area (Å²) < 4.78 is 65.5. The highest BCUT2D eigenvalue weighted by Crippen LogP contribution is 2.35. The van der Waals surface area contributed by atoms with E-state index in [-0.39, 0.29) is 43.3 Å². The third-order valence-electron chi connectivity index (χ3n) is 7.49. The smallest absolute Gasteiger partial charge is 0.290 e. The van der Waals surface area contributed by atoms with E-state index in [1.165, 1.54) is 19.2 Å². The molecule has 3 aromatic carbocycles. The highest BCUT2D eigenvalue weighted by atomic mass is 19.2. The zero-order valence-electron chi connectivity index (χ0n) is 24.2. The van der Waals surface area contributed by atoms with Crippen molar-refractivity contribution in [1.29, 1.82) is 0 Å². The topological polar surface area (TPSA) is 88.1 Å². The monoisotopic (exact) mass is 614 g/mol. The first-order valence-electron chi connectivity index (χ1n) is 14.2. The number of carbonyl (C=O) groups is 2. The van der Waals surface area contributed by atoms with E-state index in [2.05, 4.69) is 5.32 Å². The van der Waals surface area contributed by atoms with Crippen molar-refractivity contribution in [2.45, 2.75) is 38.3 Å². The number of aryl methyl sites for hydroxylation is 1. The van der Waals surface area contributed by atoms with E-state index >= 15 is 0 Å². The number of carbonyl (C=O) groups excluding carboxylic acids is 1. The van der Waals surface area contributed by atoms with Crippen LogP contribution in [0, 0.1) is 29.2 Å². The summed E-state index contributed by atoms with van der Waals surface area (Å²) in [5, 5.41) is 10.2. The molecule has 1 aliphatic carbocycles. The van der Waals surface area contributed by atoms with Crippen molar-refractivity contribution in [3.63, 3.8) is 0 Å². The number of amides is 1. The quantitative estimate of drug-likeness (QED) is 0.124. The zero-order chi connectivity index (χ0) is 31.6. The summed E-state index contributed by atoms with van der Waals surface area (Å²) in [5.41, 5.74) is 3.51. The van der Waals surface area contributed by atoms with Crippen LogP contribution in [0.1, 0.15) is 36.0 Å². The summed E-state index contributed by atoms with van der Waals surface area (Å²) in [6.45, 7) is 1.20. The fraction of sp³-hybridized carbons (Fsp3) is 0.333. The molecular formula is C33H34F4N2O5. The molecule has 1 amide bonds. The van der Waals surface area contributed by atoms with E-state index in [1.807, 2.05) is 35.2 Å². The Morgan fingerprint density at radius 3 is 2.43 bits per heavy atom. The van der Waals surface area contributed by atoms with Crippen LogP contribution in [0.15, 0.2) is 60.7 Å². The van der Waals surface area contributed by atoms with Crippen LogP contribution >= 0.6 is 0 Å². The zero-order valence-corrected chi connectivity index (χ0v) is 24.2. The van der Waals surface area contributed by atoms with Crippen molar-refractivity contribution in [3.8, 4) is 11.5 Å². The summed E-state index contributed by atoms with van der Waals surface area (Å²) in [6, 6.07) is 13.9. The van der Waals surface area contributed by atoms with Gasteiger partial charge in [0.15, 0.2) is 17.4 Å². The summed E-state index contributed by atoms with van der Waals surface area (Å²) in [7, 11) is 1.53. The van der Waals surface area contributed by atoms with Crippen LogP contribution in [0.5, 0.6) is 11.5 Å². The van der Waals surface area contributed by atoms with Crippen molar-refractivity contribution >= 4 is 18.0 Å². The molecule has 1 saturated carbocycles. The van der Waals surface area contributed by atoms with Gasteiger partial charge in [-0.05, 0) is 72.7 Å². The van der Waals surface area contributed by atoms with Gasteiger partial charge in [0.25, 0.3) is 6.47 Å². The molecule has 0 aromatic heterocycles. The van der Waals surface area contributed by atoms with Crippen molar-refractivity contribution in [3.05, 3.63) is 101 Å². The first kappa shape index (κ1) is 32.5. The fourth-order valence-corrected chi connectivity index (χ4v) is 5.18. The van der Waals surface area contributed by atoms with Crippen LogP contribution in [0.3, 0.4) is 0 Å². The largest absolute Gasteiger partial charge is 0.496 e. The highest BCUT2D eigenvalue weighted by molar-refractivity contribution is 5.93. The average molecular weight is 615 g/mol. The van der Waals surface area contributed by atoms with Crippen LogP contribution in [0.2, 0.25) is 0 Å². The minimum atomic E-state index is -1.33. The van der Waals surface area contributed by atoms with Crippen LogP contribution in [0.4, 0.5) is 17.6 Å². The highest BCUT2D eigenvalue weighted by Gasteiger charge is 2.38. The lowest BCUT2D eigenvalue weighted by Crippen LogP contribution is -2.43. The molecule has 0 radical (unpaired) electrons. The van der Waals surface area contributed by atoms with Gasteiger partial charge >= 0.3 is 0 Å². The number of carboxylic acid groups (broad SMARTS) is 1. The predicted molar refractivity (Wildman–Crippen MR) is 156 cm³/mol. The Morgan fingerprint density at radius 1 is 1.05 bits per heavy atom. The van der Waals surface area contributed by atoms with Crippen molar-refractivity contribution in [2.24, 2.45) is 5.92 Å². The molecule has 1 aliphatic heterocycles. The Bertz CT molecular complexity index is 1480. The number of ether oxygens (including phenoxy) is 2. The van der Waals surface area contributed by atoms with Gasteiger partial charge in [-0.2, -0.15) is 4.39 Å². The molecule has 1 unspecified atom stereocenters. The maximum absolute atomic E-state index is 14.0. The lowest BCUT2D eigenvalue weighted by atomic mass is 9.88. The molecule has 0 spiro atoms. The normalized spacial score (nSPS) is 15.8. The minimum absolute atomic E-state index is 0.00435. The second-order valence-corrected chi connectivity index (χ2v) is 10.5. The number of hydrogen-bond donors (Lipinski definition) is 2. The molecule has 0 bridgehead atoms. The molecule has 2 aliphatic rings. The van der Waals surface area contributed by atoms with Gasteiger partial charge in [0, 0.05) is 31.2 Å². The molecule has 234 valence electrons. The van der Waals surface area contributed by atoms with E-state index in [9.17, 15) is 22.4 Å². The molecular weight excluding hydrogens is 580 g/mol. The first-order chi connectivity index (χ1) is 21.3. The van der Waals surface area contributed by atoms with Crippen LogP contribution in [-0.2, 0) is 22.6 Å². The second-order valence-electron chi connectivity index (χ2n) is 10.5. The SMILES string of the molecule is COc1ccc(F)cc1CN(C(=O)C1CNCC=C1c1ccc(CCCOc2c(F)ccc(F)c2F)cc1)C1CC1.O=CO. The fourth-order valence-electron chi connectivity index (χ4n) is 5.18. The predicted octanol–water partition coefficient (Wildman–Crippen LogP) is 5.76. The van der Waals surface area contributed by atoms with E-state index < -0.39 is 23.2 Å². The number of rotatable bonds is 11. The molecule has 3 aromatic rings. The van der Waals surface area contributed by atoms with E-state index in [1.54, 1.807) is 6.07 Å². The Kier molecular flexibility index (Phi) is 11.4. The maximum atomic E-state index is 14.0. The van der Waals surface area contributed by atoms with Gasteiger partial charge in [0.1, 0.15) is 11.6 Å². The van der Waals surface area contributed by atoms with Gasteiger partial charge in [0.05, 0.1) is 19.6 Å². The van der Waals surface area contributed by atoms with Gasteiger partial charge in [-0.25, -0.2) is 13.2 Å². The number of hydrogen-bond acceptors (Lipinski definition) is 5. The van der Waals surface area contributed by atoms with Gasteiger partial charge in [0.2, 0.25) is 11.7 Å². The Hall–Kier alpha value is -4.38. The van der Waals surface area contributed by atoms with E-state index in [4.69, 9.17) is 19.4 Å². The van der Waals surface area contributed by atoms with Gasteiger partial charge in [-0.15, -0.1) is 0 Å². The van der Waals surface area contributed by atoms with E-state index in [0.29, 0.717) is 37.2 Å². The molecule has 7 nitrogen and oxygen atoms in total. The summed E-state index contributed by atoms with van der Waals surface area (Å²) >= 11 is 0. The van der Waals surface area contributed by atoms with Crippen LogP contribution < -0.4 is 14.8 Å². The van der Waals surface area contributed by atoms with Gasteiger partial charge < -0.3 is 24.8 Å². The molecule has 2 N–H and O–H groups in total. The lowest BCUT2D eigenvalue weighted by molar-refractivity contribution is -0.135. The molecule has 5 rings (SSSR count). The van der Waals surface area contributed by atoms with Crippen LogP contribution in [0.25, 0.3) is 5.57 Å². The maximum Gasteiger partial charge on any atom is 0.290 e. The Morgan fingerprint density at radius 2 is 1.75 bits per heavy atom. The third-order valence-corrected chi connectivity index (χ3v) is 7.49. The first-order valence-corrected chi connectivity index (χ1v) is 14.2. The molecule has 44 heavy (non-hydrogen) atoms. The summed E-state index contributed by atoms with van der Waals surface area (Å²) in [4.78, 5) is 24.1. The number of nitrogens with zero attached hydrogens (tertiary/aromatic N) is 1. The summed E-state index contributed by atoms with van der Waals surface area (Å²) in [6.07, 6.45) is 4.93. The van der Waals surface area contributed by atoms with Gasteiger partial charge in [-0.1, -0.05) is 30.3 Å². The summed E-state index contributed by atoms with van der Waals surface area (Å²) in [5.74, 6) is -4.35. The van der Waals surface area contributed by atoms with Gasteiger partial charge in [-0.3, -0.25) is 9.59 Å². The molecule has 11 heteroatoms. The molecule has 0 saturated heterocycles. The Labute approximate surface area is 253 Å². The number of methoxy groups -OCH3 is 1. The Balaban J connectivity index is 0.00000141. The van der Waals surface area contributed by atoms with Crippen LogP contribution in [-0.4, -0.2) is 55.2 Å². The molecule has 1 heterocycles. The third kappa shape index (κ3) is 8.16. The number of benzene rings is 3. The average Bonchev–Trinajstić information content (AvgIpc) is 3.87. The molecule has 1 atom stereocenters. The number of halogens is 4. The van der Waals surface area contributed by atoms with E-state index in [0.717, 1.165) is 41.7 Å². The van der Waals surface area contributed by atoms with Crippen molar-refractivity contribution in [2.75, 3.05) is 26.8 Å². The molecule has 1 fully saturated rings.